The molecule has 0 fully saturated rings. The Bertz CT molecular complexity index is 779. The smallest absolute Gasteiger partial charge is 0.315 e. The third-order valence-corrected chi connectivity index (χ3v) is 5.66. The normalized spacial score (nSPS) is 23.4. The molecule has 0 spiro atoms. The summed E-state index contributed by atoms with van der Waals surface area (Å²) in [5, 5.41) is 0. The summed E-state index contributed by atoms with van der Waals surface area (Å²) in [5.41, 5.74) is 3.31. The van der Waals surface area contributed by atoms with Crippen molar-refractivity contribution in [3.63, 3.8) is 0 Å². The van der Waals surface area contributed by atoms with Crippen molar-refractivity contribution in [3.8, 4) is 0 Å². The number of carbonyl (C=O) groups is 2. The maximum absolute atomic E-state index is 12.9. The van der Waals surface area contributed by atoms with Crippen LogP contribution in [0.15, 0.2) is 40.5 Å². The van der Waals surface area contributed by atoms with Crippen LogP contribution in [0.4, 0.5) is 0 Å². The van der Waals surface area contributed by atoms with Crippen LogP contribution < -0.4 is 0 Å². The van der Waals surface area contributed by atoms with Gasteiger partial charge in [-0.15, -0.1) is 0 Å². The summed E-state index contributed by atoms with van der Waals surface area (Å²) in [6, 6.07) is 7.94. The summed E-state index contributed by atoms with van der Waals surface area (Å²) in [6.07, 6.45) is 1.95. The minimum absolute atomic E-state index is 0.115. The van der Waals surface area contributed by atoms with E-state index < -0.39 is 5.92 Å². The van der Waals surface area contributed by atoms with E-state index in [0.717, 1.165) is 33.4 Å². The summed E-state index contributed by atoms with van der Waals surface area (Å²) in [6.45, 7) is 5.55. The topological polar surface area (TPSA) is 55.7 Å². The largest absolute Gasteiger partial charge is 0.462 e. The number of benzene rings is 1. The molecular formula is C20H22INO3. The fraction of sp³-hybridized carbons (Fsp3) is 0.450. The van der Waals surface area contributed by atoms with Crippen molar-refractivity contribution < 1.29 is 14.3 Å². The lowest BCUT2D eigenvalue weighted by atomic mass is 9.72. The van der Waals surface area contributed by atoms with E-state index in [1.807, 2.05) is 45.0 Å². The van der Waals surface area contributed by atoms with Gasteiger partial charge in [-0.05, 0) is 67.8 Å². The van der Waals surface area contributed by atoms with Crippen molar-refractivity contribution in [2.24, 2.45) is 10.9 Å². The van der Waals surface area contributed by atoms with E-state index in [1.165, 1.54) is 0 Å². The molecule has 0 N–H and O–H groups in total. The molecule has 0 bridgehead atoms. The number of halogens is 1. The first kappa shape index (κ1) is 18.3. The lowest BCUT2D eigenvalue weighted by molar-refractivity contribution is -0.150. The van der Waals surface area contributed by atoms with Gasteiger partial charge in [0, 0.05) is 32.9 Å². The van der Waals surface area contributed by atoms with Gasteiger partial charge in [-0.2, -0.15) is 0 Å². The molecule has 0 radical (unpaired) electrons. The molecule has 0 saturated carbocycles. The molecule has 1 unspecified atom stereocenters. The summed E-state index contributed by atoms with van der Waals surface area (Å²) >= 11 is 2.27. The molecule has 2 aliphatic rings. The molecule has 1 aliphatic carbocycles. The Morgan fingerprint density at radius 2 is 2.00 bits per heavy atom. The standard InChI is InChI=1S/C20H22INO3/c1-11(2)25-20(24)17-12(3)22-15-9-6-10-16(23)19(15)18(17)13-7-4-5-8-14(13)21/h4-5,7-8,11,17-18H,6,9-10H2,1-3H3/t17?,18-/m0/s1. The van der Waals surface area contributed by atoms with E-state index in [-0.39, 0.29) is 23.8 Å². The fourth-order valence-electron chi connectivity index (χ4n) is 3.68. The molecular weight excluding hydrogens is 429 g/mol. The van der Waals surface area contributed by atoms with Crippen molar-refractivity contribution in [2.45, 2.75) is 52.1 Å². The second kappa shape index (κ2) is 7.40. The molecule has 132 valence electrons. The van der Waals surface area contributed by atoms with Gasteiger partial charge >= 0.3 is 5.97 Å². The van der Waals surface area contributed by atoms with E-state index in [9.17, 15) is 9.59 Å². The molecule has 5 heteroatoms. The fourth-order valence-corrected chi connectivity index (χ4v) is 4.40. The number of allylic oxidation sites excluding steroid dienone is 2. The molecule has 3 rings (SSSR count). The summed E-state index contributed by atoms with van der Waals surface area (Å²) < 4.78 is 6.56. The van der Waals surface area contributed by atoms with Gasteiger partial charge in [-0.3, -0.25) is 14.6 Å². The second-order valence-corrected chi connectivity index (χ2v) is 8.01. The van der Waals surface area contributed by atoms with Gasteiger partial charge in [0.05, 0.1) is 6.10 Å². The Kier molecular flexibility index (Phi) is 5.41. The van der Waals surface area contributed by atoms with Crippen molar-refractivity contribution in [3.05, 3.63) is 44.7 Å². The van der Waals surface area contributed by atoms with E-state index in [1.54, 1.807) is 0 Å². The Morgan fingerprint density at radius 1 is 1.28 bits per heavy atom. The average Bonchev–Trinajstić information content (AvgIpc) is 2.53. The van der Waals surface area contributed by atoms with Crippen LogP contribution in [-0.4, -0.2) is 23.6 Å². The summed E-state index contributed by atoms with van der Waals surface area (Å²) in [4.78, 5) is 30.2. The molecule has 1 aromatic rings. The van der Waals surface area contributed by atoms with Crippen LogP contribution in [-0.2, 0) is 14.3 Å². The Balaban J connectivity index is 2.16. The summed E-state index contributed by atoms with van der Waals surface area (Å²) in [5.74, 6) is -1.03. The number of ketones is 1. The van der Waals surface area contributed by atoms with Crippen molar-refractivity contribution >= 4 is 40.1 Å². The van der Waals surface area contributed by atoms with Crippen LogP contribution in [0.5, 0.6) is 0 Å². The molecule has 4 nitrogen and oxygen atoms in total. The quantitative estimate of drug-likeness (QED) is 0.505. The first-order valence-corrected chi connectivity index (χ1v) is 9.74. The highest BCUT2D eigenvalue weighted by Crippen LogP contribution is 2.44. The van der Waals surface area contributed by atoms with E-state index >= 15 is 0 Å². The third kappa shape index (κ3) is 3.57. The van der Waals surface area contributed by atoms with Gasteiger partial charge in [0.15, 0.2) is 5.78 Å². The number of nitrogens with zero attached hydrogens (tertiary/aromatic N) is 1. The van der Waals surface area contributed by atoms with Crippen LogP contribution in [0.1, 0.15) is 51.5 Å². The minimum Gasteiger partial charge on any atom is -0.462 e. The van der Waals surface area contributed by atoms with Gasteiger partial charge in [0.1, 0.15) is 5.92 Å². The minimum atomic E-state index is -0.542. The van der Waals surface area contributed by atoms with Crippen LogP contribution in [0, 0.1) is 9.49 Å². The van der Waals surface area contributed by atoms with Crippen molar-refractivity contribution in [2.75, 3.05) is 0 Å². The number of esters is 1. The molecule has 25 heavy (non-hydrogen) atoms. The average molecular weight is 451 g/mol. The van der Waals surface area contributed by atoms with Crippen LogP contribution in [0.3, 0.4) is 0 Å². The monoisotopic (exact) mass is 451 g/mol. The molecule has 0 aromatic heterocycles. The van der Waals surface area contributed by atoms with Gasteiger partial charge in [-0.25, -0.2) is 0 Å². The highest BCUT2D eigenvalue weighted by molar-refractivity contribution is 14.1. The maximum atomic E-state index is 12.9. The second-order valence-electron chi connectivity index (χ2n) is 6.85. The Hall–Kier alpha value is -1.50. The van der Waals surface area contributed by atoms with Gasteiger partial charge in [0.25, 0.3) is 0 Å². The number of Topliss-reactive ketones (excluding diaryl/α,β-unsaturated/α-hetero) is 1. The number of aliphatic imine (C=N–C) groups is 1. The number of carbonyl (C=O) groups excluding carboxylic acids is 2. The zero-order chi connectivity index (χ0) is 18.1. The number of rotatable bonds is 3. The summed E-state index contributed by atoms with van der Waals surface area (Å²) in [7, 11) is 0. The van der Waals surface area contributed by atoms with Crippen LogP contribution in [0.2, 0.25) is 0 Å². The molecule has 1 aliphatic heterocycles. The zero-order valence-corrected chi connectivity index (χ0v) is 16.9. The van der Waals surface area contributed by atoms with Crippen LogP contribution >= 0.6 is 22.6 Å². The highest BCUT2D eigenvalue weighted by Gasteiger charge is 2.43. The van der Waals surface area contributed by atoms with Crippen molar-refractivity contribution in [1.29, 1.82) is 0 Å². The zero-order valence-electron chi connectivity index (χ0n) is 14.7. The lowest BCUT2D eigenvalue weighted by Gasteiger charge is -2.35. The van der Waals surface area contributed by atoms with E-state index in [4.69, 9.17) is 4.74 Å². The molecule has 1 heterocycles. The van der Waals surface area contributed by atoms with Gasteiger partial charge in [-0.1, -0.05) is 18.2 Å². The lowest BCUT2D eigenvalue weighted by Crippen LogP contribution is -2.38. The molecule has 0 saturated heterocycles. The van der Waals surface area contributed by atoms with E-state index in [0.29, 0.717) is 12.0 Å². The predicted octanol–water partition coefficient (Wildman–Crippen LogP) is 4.42. The van der Waals surface area contributed by atoms with Crippen LogP contribution in [0.25, 0.3) is 0 Å². The molecule has 1 aromatic carbocycles. The Morgan fingerprint density at radius 3 is 2.68 bits per heavy atom. The molecule has 2 atom stereocenters. The Labute approximate surface area is 161 Å². The van der Waals surface area contributed by atoms with Gasteiger partial charge in [0.2, 0.25) is 0 Å². The SMILES string of the molecule is CC1=NC2=C(C(=O)CCC2)[C@@H](c2ccccc2I)C1C(=O)OC(C)C. The van der Waals surface area contributed by atoms with Gasteiger partial charge < -0.3 is 4.74 Å². The highest BCUT2D eigenvalue weighted by atomic mass is 127. The maximum Gasteiger partial charge on any atom is 0.315 e. The third-order valence-electron chi connectivity index (χ3n) is 4.68. The molecule has 0 amide bonds. The number of hydrogen-bond donors (Lipinski definition) is 0. The number of hydrogen-bond acceptors (Lipinski definition) is 4. The van der Waals surface area contributed by atoms with E-state index in [2.05, 4.69) is 27.6 Å². The predicted molar refractivity (Wildman–Crippen MR) is 106 cm³/mol. The van der Waals surface area contributed by atoms with Crippen molar-refractivity contribution in [1.82, 2.24) is 0 Å². The first-order valence-electron chi connectivity index (χ1n) is 8.66. The number of ether oxygens (including phenoxy) is 1. The first-order chi connectivity index (χ1) is 11.9.